The highest BCUT2D eigenvalue weighted by molar-refractivity contribution is 7.12. The SMILES string of the molecule is C/C(=N\NC(=O)c1c(O)ccc2ccccc12)c1cc(C)sc1C. The Balaban J connectivity index is 1.92. The van der Waals surface area contributed by atoms with Gasteiger partial charge in [0, 0.05) is 15.3 Å². The van der Waals surface area contributed by atoms with E-state index in [9.17, 15) is 9.90 Å². The first-order chi connectivity index (χ1) is 11.5. The quantitative estimate of drug-likeness (QED) is 0.550. The topological polar surface area (TPSA) is 61.7 Å². The van der Waals surface area contributed by atoms with E-state index in [-0.39, 0.29) is 11.3 Å². The average molecular weight is 338 g/mol. The minimum absolute atomic E-state index is 0.0541. The zero-order valence-corrected chi connectivity index (χ0v) is 14.6. The standard InChI is InChI=1S/C19H18N2O2S/c1-11-10-16(13(3)24-11)12(2)20-21-19(23)18-15-7-5-4-6-14(15)8-9-17(18)22/h4-10,22H,1-3H3,(H,21,23)/b20-12+. The van der Waals surface area contributed by atoms with Gasteiger partial charge in [-0.15, -0.1) is 11.3 Å². The summed E-state index contributed by atoms with van der Waals surface area (Å²) in [7, 11) is 0. The summed E-state index contributed by atoms with van der Waals surface area (Å²) in [5.41, 5.74) is 4.57. The minimum Gasteiger partial charge on any atom is -0.507 e. The number of phenolic OH excluding ortho intramolecular Hbond substituents is 1. The number of nitrogens with zero attached hydrogens (tertiary/aromatic N) is 1. The normalized spacial score (nSPS) is 11.7. The van der Waals surface area contributed by atoms with Gasteiger partial charge in [0.15, 0.2) is 0 Å². The second-order valence-electron chi connectivity index (χ2n) is 5.65. The smallest absolute Gasteiger partial charge is 0.275 e. The highest BCUT2D eigenvalue weighted by Gasteiger charge is 2.15. The molecule has 122 valence electrons. The van der Waals surface area contributed by atoms with E-state index in [1.807, 2.05) is 45.0 Å². The lowest BCUT2D eigenvalue weighted by molar-refractivity contribution is 0.0954. The number of phenols is 1. The van der Waals surface area contributed by atoms with Crippen molar-refractivity contribution in [2.24, 2.45) is 5.10 Å². The first-order valence-electron chi connectivity index (χ1n) is 7.60. The van der Waals surface area contributed by atoms with Crippen LogP contribution >= 0.6 is 11.3 Å². The summed E-state index contributed by atoms with van der Waals surface area (Å²) in [4.78, 5) is 14.9. The summed E-state index contributed by atoms with van der Waals surface area (Å²) in [6.45, 7) is 5.93. The fourth-order valence-corrected chi connectivity index (χ4v) is 3.72. The molecule has 0 saturated carbocycles. The van der Waals surface area contributed by atoms with Crippen molar-refractivity contribution in [3.8, 4) is 5.75 Å². The molecule has 0 fully saturated rings. The second kappa shape index (κ2) is 6.45. The van der Waals surface area contributed by atoms with Gasteiger partial charge in [0.1, 0.15) is 5.75 Å². The molecule has 0 atom stereocenters. The number of aryl methyl sites for hydroxylation is 2. The Bertz CT molecular complexity index is 957. The lowest BCUT2D eigenvalue weighted by Gasteiger charge is -2.08. The molecule has 5 heteroatoms. The number of amides is 1. The molecule has 0 unspecified atom stereocenters. The number of rotatable bonds is 3. The number of thiophene rings is 1. The van der Waals surface area contributed by atoms with Gasteiger partial charge in [-0.05, 0) is 43.7 Å². The summed E-state index contributed by atoms with van der Waals surface area (Å²) in [5, 5.41) is 15.9. The van der Waals surface area contributed by atoms with Crippen molar-refractivity contribution in [3.05, 3.63) is 63.3 Å². The molecule has 1 amide bonds. The number of aromatic hydroxyl groups is 1. The largest absolute Gasteiger partial charge is 0.507 e. The summed E-state index contributed by atoms with van der Waals surface area (Å²) < 4.78 is 0. The third-order valence-electron chi connectivity index (χ3n) is 3.89. The van der Waals surface area contributed by atoms with Crippen LogP contribution < -0.4 is 5.43 Å². The number of hydrogen-bond acceptors (Lipinski definition) is 4. The van der Waals surface area contributed by atoms with Gasteiger partial charge in [-0.25, -0.2) is 5.43 Å². The Labute approximate surface area is 144 Å². The summed E-state index contributed by atoms with van der Waals surface area (Å²) in [6, 6.07) is 12.8. The summed E-state index contributed by atoms with van der Waals surface area (Å²) >= 11 is 1.70. The highest BCUT2D eigenvalue weighted by atomic mass is 32.1. The predicted octanol–water partition coefficient (Wildman–Crippen LogP) is 4.38. The van der Waals surface area contributed by atoms with Gasteiger partial charge in [-0.1, -0.05) is 30.3 Å². The van der Waals surface area contributed by atoms with E-state index >= 15 is 0 Å². The molecule has 4 nitrogen and oxygen atoms in total. The summed E-state index contributed by atoms with van der Waals surface area (Å²) in [6.07, 6.45) is 0. The number of benzene rings is 2. The van der Waals surface area contributed by atoms with Gasteiger partial charge in [0.05, 0.1) is 11.3 Å². The van der Waals surface area contributed by atoms with Crippen LogP contribution in [0.1, 0.15) is 32.6 Å². The van der Waals surface area contributed by atoms with E-state index in [0.29, 0.717) is 5.39 Å². The fraction of sp³-hybridized carbons (Fsp3) is 0.158. The Morgan fingerprint density at radius 3 is 2.62 bits per heavy atom. The van der Waals surface area contributed by atoms with Crippen molar-refractivity contribution in [1.29, 1.82) is 0 Å². The first kappa shape index (κ1) is 16.2. The molecule has 2 aromatic carbocycles. The molecule has 0 saturated heterocycles. The Morgan fingerprint density at radius 2 is 1.92 bits per heavy atom. The van der Waals surface area contributed by atoms with Crippen LogP contribution in [-0.2, 0) is 0 Å². The number of hydrazone groups is 1. The van der Waals surface area contributed by atoms with Crippen LogP contribution in [0.15, 0.2) is 47.6 Å². The van der Waals surface area contributed by atoms with Gasteiger partial charge in [-0.2, -0.15) is 5.10 Å². The highest BCUT2D eigenvalue weighted by Crippen LogP contribution is 2.27. The van der Waals surface area contributed by atoms with Gasteiger partial charge >= 0.3 is 0 Å². The molecule has 3 aromatic rings. The van der Waals surface area contributed by atoms with Crippen LogP contribution in [0.5, 0.6) is 5.75 Å². The number of fused-ring (bicyclic) bond motifs is 1. The van der Waals surface area contributed by atoms with E-state index in [1.54, 1.807) is 17.4 Å². The zero-order chi connectivity index (χ0) is 17.3. The number of nitrogens with one attached hydrogen (secondary N) is 1. The number of carbonyl (C=O) groups excluding carboxylic acids is 1. The molecule has 0 aliphatic heterocycles. The van der Waals surface area contributed by atoms with Crippen LogP contribution in [0.4, 0.5) is 0 Å². The van der Waals surface area contributed by atoms with Crippen molar-refractivity contribution in [2.45, 2.75) is 20.8 Å². The molecule has 0 bridgehead atoms. The Kier molecular flexibility index (Phi) is 4.36. The van der Waals surface area contributed by atoms with Crippen molar-refractivity contribution < 1.29 is 9.90 Å². The zero-order valence-electron chi connectivity index (χ0n) is 13.8. The molecule has 1 aromatic heterocycles. The van der Waals surface area contributed by atoms with Gasteiger partial charge < -0.3 is 5.11 Å². The van der Waals surface area contributed by atoms with Crippen molar-refractivity contribution in [2.75, 3.05) is 0 Å². The van der Waals surface area contributed by atoms with Crippen molar-refractivity contribution >= 4 is 33.7 Å². The molecular formula is C19H18N2O2S. The van der Waals surface area contributed by atoms with E-state index < -0.39 is 5.91 Å². The summed E-state index contributed by atoms with van der Waals surface area (Å²) in [5.74, 6) is -0.477. The molecule has 24 heavy (non-hydrogen) atoms. The van der Waals surface area contributed by atoms with Crippen molar-refractivity contribution in [3.63, 3.8) is 0 Å². The molecule has 3 rings (SSSR count). The third kappa shape index (κ3) is 3.03. The van der Waals surface area contributed by atoms with E-state index in [1.165, 1.54) is 10.9 Å². The first-order valence-corrected chi connectivity index (χ1v) is 8.42. The van der Waals surface area contributed by atoms with E-state index in [0.717, 1.165) is 21.5 Å². The minimum atomic E-state index is -0.423. The maximum absolute atomic E-state index is 12.5. The molecule has 0 aliphatic carbocycles. The second-order valence-corrected chi connectivity index (χ2v) is 7.11. The Morgan fingerprint density at radius 1 is 1.17 bits per heavy atom. The van der Waals surface area contributed by atoms with Gasteiger partial charge in [0.25, 0.3) is 5.91 Å². The molecular weight excluding hydrogens is 320 g/mol. The molecule has 0 spiro atoms. The lowest BCUT2D eigenvalue weighted by Crippen LogP contribution is -2.20. The van der Waals surface area contributed by atoms with Crippen LogP contribution in [0, 0.1) is 13.8 Å². The monoisotopic (exact) mass is 338 g/mol. The number of hydrogen-bond donors (Lipinski definition) is 2. The van der Waals surface area contributed by atoms with Crippen molar-refractivity contribution in [1.82, 2.24) is 5.43 Å². The Hall–Kier alpha value is -2.66. The average Bonchev–Trinajstić information content (AvgIpc) is 2.90. The van der Waals surface area contributed by atoms with Crippen LogP contribution in [0.25, 0.3) is 10.8 Å². The van der Waals surface area contributed by atoms with Crippen LogP contribution in [0.3, 0.4) is 0 Å². The molecule has 2 N–H and O–H groups in total. The lowest BCUT2D eigenvalue weighted by atomic mass is 10.0. The van der Waals surface area contributed by atoms with Gasteiger partial charge in [0.2, 0.25) is 0 Å². The molecule has 0 aliphatic rings. The third-order valence-corrected chi connectivity index (χ3v) is 4.86. The van der Waals surface area contributed by atoms with Crippen LogP contribution in [0.2, 0.25) is 0 Å². The van der Waals surface area contributed by atoms with Gasteiger partial charge in [-0.3, -0.25) is 4.79 Å². The van der Waals surface area contributed by atoms with Crippen LogP contribution in [-0.4, -0.2) is 16.7 Å². The number of carbonyl (C=O) groups is 1. The molecule has 1 heterocycles. The van der Waals surface area contributed by atoms with E-state index in [2.05, 4.69) is 16.6 Å². The van der Waals surface area contributed by atoms with E-state index in [4.69, 9.17) is 0 Å². The maximum atomic E-state index is 12.5. The maximum Gasteiger partial charge on any atom is 0.275 e. The fourth-order valence-electron chi connectivity index (χ4n) is 2.74. The predicted molar refractivity (Wildman–Crippen MR) is 99.1 cm³/mol. The molecule has 0 radical (unpaired) electrons.